The van der Waals surface area contributed by atoms with Gasteiger partial charge in [0.1, 0.15) is 0 Å². The molecule has 2 aliphatic heterocycles. The van der Waals surface area contributed by atoms with E-state index < -0.39 is 11.7 Å². The molecule has 2 aliphatic rings. The number of amides is 1. The molecule has 5 heteroatoms. The van der Waals surface area contributed by atoms with Crippen LogP contribution in [0.15, 0.2) is 30.5 Å². The number of fused-ring (bicyclic) bond motifs is 3. The van der Waals surface area contributed by atoms with Gasteiger partial charge in [-0.15, -0.1) is 0 Å². The number of Topliss-reactive ketones (excluding diaryl/α,β-unsaturated/α-hetero) is 1. The minimum absolute atomic E-state index is 0.116. The van der Waals surface area contributed by atoms with E-state index in [1.807, 2.05) is 24.3 Å². The van der Waals surface area contributed by atoms with E-state index >= 15 is 0 Å². The molecular weight excluding hydrogens is 290 g/mol. The van der Waals surface area contributed by atoms with Crippen LogP contribution in [0.4, 0.5) is 0 Å². The zero-order valence-corrected chi connectivity index (χ0v) is 13.2. The minimum Gasteiger partial charge on any atom is -0.360 e. The number of benzene rings is 1. The number of hydrogen-bond acceptors (Lipinski definition) is 3. The third-order valence-corrected chi connectivity index (χ3v) is 5.47. The lowest BCUT2D eigenvalue weighted by Gasteiger charge is -2.36. The summed E-state index contributed by atoms with van der Waals surface area (Å²) in [5, 5.41) is 3.77. The first-order chi connectivity index (χ1) is 11.1. The maximum Gasteiger partial charge on any atom is 0.292 e. The van der Waals surface area contributed by atoms with Gasteiger partial charge in [-0.25, -0.2) is 0 Å². The van der Waals surface area contributed by atoms with Gasteiger partial charge in [-0.05, 0) is 38.8 Å². The van der Waals surface area contributed by atoms with E-state index in [9.17, 15) is 9.59 Å². The highest BCUT2D eigenvalue weighted by Crippen LogP contribution is 2.34. The molecule has 1 aromatic heterocycles. The summed E-state index contributed by atoms with van der Waals surface area (Å²) in [7, 11) is 2.16. The molecule has 2 saturated heterocycles. The Morgan fingerprint density at radius 3 is 2.61 bits per heavy atom. The van der Waals surface area contributed by atoms with Gasteiger partial charge in [0.15, 0.2) is 0 Å². The summed E-state index contributed by atoms with van der Waals surface area (Å²) in [5.74, 6) is -0.933. The molecule has 2 aromatic rings. The summed E-state index contributed by atoms with van der Waals surface area (Å²) in [6.07, 6.45) is 5.92. The van der Waals surface area contributed by atoms with E-state index in [0.29, 0.717) is 17.6 Å². The number of aromatic nitrogens is 1. The van der Waals surface area contributed by atoms with Gasteiger partial charge in [-0.2, -0.15) is 0 Å². The van der Waals surface area contributed by atoms with Crippen LogP contribution in [0.3, 0.4) is 0 Å². The second kappa shape index (κ2) is 5.49. The number of aromatic amines is 1. The number of carbonyl (C=O) groups is 2. The van der Waals surface area contributed by atoms with Crippen LogP contribution in [0, 0.1) is 0 Å². The van der Waals surface area contributed by atoms with Gasteiger partial charge >= 0.3 is 0 Å². The summed E-state index contributed by atoms with van der Waals surface area (Å²) in [6.45, 7) is 0. The van der Waals surface area contributed by atoms with Crippen LogP contribution >= 0.6 is 0 Å². The fraction of sp³-hybridized carbons (Fsp3) is 0.444. The number of nitrogens with zero attached hydrogens (tertiary/aromatic N) is 1. The van der Waals surface area contributed by atoms with Crippen LogP contribution in [0.2, 0.25) is 0 Å². The number of rotatable bonds is 3. The molecule has 1 amide bonds. The Bertz CT molecular complexity index is 752. The third-order valence-electron chi connectivity index (χ3n) is 5.47. The zero-order chi connectivity index (χ0) is 16.0. The van der Waals surface area contributed by atoms with Crippen LogP contribution < -0.4 is 5.32 Å². The first-order valence-electron chi connectivity index (χ1n) is 8.26. The molecule has 2 bridgehead atoms. The minimum atomic E-state index is -0.483. The topological polar surface area (TPSA) is 65.2 Å². The maximum atomic E-state index is 12.5. The first-order valence-corrected chi connectivity index (χ1v) is 8.26. The Balaban J connectivity index is 1.48. The van der Waals surface area contributed by atoms with Crippen LogP contribution in [-0.2, 0) is 4.79 Å². The Kier molecular flexibility index (Phi) is 3.45. The van der Waals surface area contributed by atoms with E-state index in [0.717, 1.165) is 23.7 Å². The first kappa shape index (κ1) is 14.5. The number of hydrogen-bond donors (Lipinski definition) is 2. The van der Waals surface area contributed by atoms with E-state index in [1.165, 1.54) is 12.8 Å². The number of piperidine rings is 1. The molecular formula is C18H21N3O2. The summed E-state index contributed by atoms with van der Waals surface area (Å²) in [6, 6.07) is 8.75. The van der Waals surface area contributed by atoms with E-state index in [1.54, 1.807) is 6.20 Å². The zero-order valence-electron chi connectivity index (χ0n) is 13.2. The van der Waals surface area contributed by atoms with Crippen molar-refractivity contribution >= 4 is 22.6 Å². The van der Waals surface area contributed by atoms with Gasteiger partial charge in [0, 0.05) is 35.2 Å². The molecule has 0 radical (unpaired) electrons. The number of para-hydroxylation sites is 1. The van der Waals surface area contributed by atoms with Crippen LogP contribution in [-0.4, -0.2) is 46.7 Å². The highest BCUT2D eigenvalue weighted by Gasteiger charge is 2.39. The lowest BCUT2D eigenvalue weighted by atomic mass is 9.97. The van der Waals surface area contributed by atoms with E-state index in [4.69, 9.17) is 0 Å². The predicted molar refractivity (Wildman–Crippen MR) is 88.4 cm³/mol. The van der Waals surface area contributed by atoms with Gasteiger partial charge in [0.2, 0.25) is 0 Å². The van der Waals surface area contributed by atoms with Crippen molar-refractivity contribution in [1.82, 2.24) is 15.2 Å². The Morgan fingerprint density at radius 1 is 1.17 bits per heavy atom. The summed E-state index contributed by atoms with van der Waals surface area (Å²) >= 11 is 0. The van der Waals surface area contributed by atoms with Crippen molar-refractivity contribution in [3.05, 3.63) is 36.0 Å². The molecule has 3 heterocycles. The average molecular weight is 311 g/mol. The number of ketones is 1. The summed E-state index contributed by atoms with van der Waals surface area (Å²) < 4.78 is 0. The second-order valence-electron chi connectivity index (χ2n) is 6.77. The Morgan fingerprint density at radius 2 is 1.87 bits per heavy atom. The molecule has 0 spiro atoms. The highest BCUT2D eigenvalue weighted by atomic mass is 16.2. The standard InChI is InChI=1S/C18H21N3O2/c1-21-12-6-7-13(21)9-11(8-12)20-18(23)17(22)15-10-19-16-5-3-2-4-14(15)16/h2-5,10-13,19H,6-9H2,1H3,(H,20,23). The average Bonchev–Trinajstić information content (AvgIpc) is 3.05. The van der Waals surface area contributed by atoms with Crippen molar-refractivity contribution in [2.75, 3.05) is 7.05 Å². The SMILES string of the molecule is CN1C2CCC1CC(NC(=O)C(=O)c1c[nH]c3ccccc13)C2. The molecule has 5 nitrogen and oxygen atoms in total. The molecule has 2 unspecified atom stereocenters. The normalized spacial score (nSPS) is 27.3. The molecule has 0 aliphatic carbocycles. The fourth-order valence-corrected chi connectivity index (χ4v) is 4.16. The second-order valence-corrected chi connectivity index (χ2v) is 6.77. The van der Waals surface area contributed by atoms with E-state index in [-0.39, 0.29) is 6.04 Å². The molecule has 4 rings (SSSR count). The quantitative estimate of drug-likeness (QED) is 0.674. The largest absolute Gasteiger partial charge is 0.360 e. The van der Waals surface area contributed by atoms with Crippen molar-refractivity contribution in [2.45, 2.75) is 43.8 Å². The van der Waals surface area contributed by atoms with Crippen LogP contribution in [0.25, 0.3) is 10.9 Å². The maximum absolute atomic E-state index is 12.5. The predicted octanol–water partition coefficient (Wildman–Crippen LogP) is 2.09. The summed E-state index contributed by atoms with van der Waals surface area (Å²) in [5.41, 5.74) is 1.33. The number of carbonyl (C=O) groups excluding carboxylic acids is 2. The Labute approximate surface area is 135 Å². The Hall–Kier alpha value is -2.14. The molecule has 2 fully saturated rings. The highest BCUT2D eigenvalue weighted by molar-refractivity contribution is 6.45. The summed E-state index contributed by atoms with van der Waals surface area (Å²) in [4.78, 5) is 30.3. The molecule has 120 valence electrons. The van der Waals surface area contributed by atoms with Gasteiger partial charge < -0.3 is 15.2 Å². The monoisotopic (exact) mass is 311 g/mol. The molecule has 1 aromatic carbocycles. The fourth-order valence-electron chi connectivity index (χ4n) is 4.16. The molecule has 2 atom stereocenters. The third kappa shape index (κ3) is 2.45. The van der Waals surface area contributed by atoms with Gasteiger partial charge in [0.25, 0.3) is 11.7 Å². The van der Waals surface area contributed by atoms with Crippen molar-refractivity contribution in [3.63, 3.8) is 0 Å². The molecule has 0 saturated carbocycles. The lowest BCUT2D eigenvalue weighted by molar-refractivity contribution is -0.118. The molecule has 2 N–H and O–H groups in total. The molecule has 23 heavy (non-hydrogen) atoms. The van der Waals surface area contributed by atoms with Gasteiger partial charge in [-0.1, -0.05) is 18.2 Å². The van der Waals surface area contributed by atoms with Crippen LogP contribution in [0.5, 0.6) is 0 Å². The van der Waals surface area contributed by atoms with Crippen molar-refractivity contribution in [3.8, 4) is 0 Å². The number of H-pyrrole nitrogens is 1. The van der Waals surface area contributed by atoms with E-state index in [2.05, 4.69) is 22.2 Å². The lowest BCUT2D eigenvalue weighted by Crippen LogP contribution is -2.50. The number of nitrogens with one attached hydrogen (secondary N) is 2. The van der Waals surface area contributed by atoms with Crippen molar-refractivity contribution < 1.29 is 9.59 Å². The van der Waals surface area contributed by atoms with Gasteiger partial charge in [0.05, 0.1) is 5.56 Å². The van der Waals surface area contributed by atoms with Gasteiger partial charge in [-0.3, -0.25) is 9.59 Å². The van der Waals surface area contributed by atoms with Crippen LogP contribution in [0.1, 0.15) is 36.0 Å². The smallest absolute Gasteiger partial charge is 0.292 e. The van der Waals surface area contributed by atoms with Crippen molar-refractivity contribution in [2.24, 2.45) is 0 Å². The van der Waals surface area contributed by atoms with Crippen molar-refractivity contribution in [1.29, 1.82) is 0 Å².